The van der Waals surface area contributed by atoms with Crippen LogP contribution >= 0.6 is 0 Å². The summed E-state index contributed by atoms with van der Waals surface area (Å²) in [5, 5.41) is 5.58. The Kier molecular flexibility index (Phi) is 5.29. The highest BCUT2D eigenvalue weighted by Crippen LogP contribution is 2.27. The zero-order chi connectivity index (χ0) is 12.7. The van der Waals surface area contributed by atoms with Crippen molar-refractivity contribution in [3.63, 3.8) is 0 Å². The molecule has 1 aromatic rings. The molecule has 1 aromatic carbocycles. The number of nitrogens with one attached hydrogen (secondary N) is 2. The maximum atomic E-state index is 11.3. The molecule has 0 bridgehead atoms. The van der Waals surface area contributed by atoms with Crippen LogP contribution in [0.2, 0.25) is 0 Å². The van der Waals surface area contributed by atoms with E-state index in [-0.39, 0.29) is 5.91 Å². The molecule has 1 amide bonds. The van der Waals surface area contributed by atoms with E-state index < -0.39 is 0 Å². The maximum Gasteiger partial charge on any atom is 0.234 e. The Morgan fingerprint density at radius 3 is 2.53 bits per heavy atom. The van der Waals surface area contributed by atoms with Crippen molar-refractivity contribution in [1.82, 2.24) is 10.6 Å². The number of carbonyl (C=O) groups is 1. The van der Waals surface area contributed by atoms with Crippen LogP contribution in [0, 0.1) is 0 Å². The van der Waals surface area contributed by atoms with Crippen molar-refractivity contribution in [3.05, 3.63) is 23.8 Å². The summed E-state index contributed by atoms with van der Waals surface area (Å²) in [7, 11) is 4.91. The second kappa shape index (κ2) is 6.75. The molecule has 0 aromatic heterocycles. The zero-order valence-corrected chi connectivity index (χ0v) is 10.4. The van der Waals surface area contributed by atoms with Gasteiger partial charge in [0.2, 0.25) is 5.91 Å². The largest absolute Gasteiger partial charge is 0.493 e. The van der Waals surface area contributed by atoms with E-state index in [0.717, 1.165) is 5.56 Å². The average Bonchev–Trinajstić information content (AvgIpc) is 2.36. The summed E-state index contributed by atoms with van der Waals surface area (Å²) in [5.74, 6) is 1.30. The Hall–Kier alpha value is -1.75. The molecular weight excluding hydrogens is 220 g/mol. The smallest absolute Gasteiger partial charge is 0.234 e. The Morgan fingerprint density at radius 1 is 1.24 bits per heavy atom. The van der Waals surface area contributed by atoms with Crippen molar-refractivity contribution in [2.24, 2.45) is 0 Å². The van der Waals surface area contributed by atoms with Crippen LogP contribution in [0.25, 0.3) is 0 Å². The number of likely N-dealkylation sites (N-methyl/N-ethyl adjacent to an activating group) is 1. The van der Waals surface area contributed by atoms with Crippen LogP contribution in [0.5, 0.6) is 11.5 Å². The van der Waals surface area contributed by atoms with Crippen molar-refractivity contribution >= 4 is 5.91 Å². The van der Waals surface area contributed by atoms with Gasteiger partial charge in [0, 0.05) is 6.54 Å². The Morgan fingerprint density at radius 2 is 1.94 bits per heavy atom. The van der Waals surface area contributed by atoms with Gasteiger partial charge in [0.1, 0.15) is 0 Å². The molecule has 5 nitrogen and oxygen atoms in total. The fourth-order valence-corrected chi connectivity index (χ4v) is 1.41. The highest BCUT2D eigenvalue weighted by molar-refractivity contribution is 5.77. The Balaban J connectivity index is 2.63. The van der Waals surface area contributed by atoms with Gasteiger partial charge in [-0.2, -0.15) is 0 Å². The zero-order valence-electron chi connectivity index (χ0n) is 10.4. The molecule has 0 aliphatic rings. The van der Waals surface area contributed by atoms with Crippen LogP contribution in [0.1, 0.15) is 5.56 Å². The highest BCUT2D eigenvalue weighted by atomic mass is 16.5. The van der Waals surface area contributed by atoms with Gasteiger partial charge < -0.3 is 20.1 Å². The lowest BCUT2D eigenvalue weighted by Gasteiger charge is -2.10. The summed E-state index contributed by atoms with van der Waals surface area (Å²) in [6.45, 7) is 0.786. The standard InChI is InChI=1S/C12H18N2O3/c1-13-8-12(15)14-7-9-4-5-10(16-2)11(6-9)17-3/h4-6,13H,7-8H2,1-3H3,(H,14,15). The molecule has 1 rings (SSSR count). The second-order valence-corrected chi connectivity index (χ2v) is 3.50. The van der Waals surface area contributed by atoms with Gasteiger partial charge in [-0.3, -0.25) is 4.79 Å². The van der Waals surface area contributed by atoms with Crippen LogP contribution in [0.4, 0.5) is 0 Å². The minimum atomic E-state index is -0.0396. The van der Waals surface area contributed by atoms with Crippen molar-refractivity contribution in [2.75, 3.05) is 27.8 Å². The minimum Gasteiger partial charge on any atom is -0.493 e. The van der Waals surface area contributed by atoms with Crippen LogP contribution in [-0.2, 0) is 11.3 Å². The summed E-state index contributed by atoms with van der Waals surface area (Å²) in [6, 6.07) is 5.55. The molecule has 0 saturated heterocycles. The Labute approximate surface area is 101 Å². The van der Waals surface area contributed by atoms with E-state index in [1.165, 1.54) is 0 Å². The fourth-order valence-electron chi connectivity index (χ4n) is 1.41. The predicted octanol–water partition coefficient (Wildman–Crippen LogP) is 0.539. The molecule has 5 heteroatoms. The minimum absolute atomic E-state index is 0.0396. The topological polar surface area (TPSA) is 59.6 Å². The summed E-state index contributed by atoms with van der Waals surface area (Å²) in [4.78, 5) is 11.3. The molecule has 0 aliphatic carbocycles. The molecule has 0 radical (unpaired) electrons. The number of hydrogen-bond acceptors (Lipinski definition) is 4. The van der Waals surface area contributed by atoms with Crippen LogP contribution in [0.3, 0.4) is 0 Å². The van der Waals surface area contributed by atoms with Gasteiger partial charge in [0.05, 0.1) is 20.8 Å². The van der Waals surface area contributed by atoms with E-state index in [2.05, 4.69) is 10.6 Å². The van der Waals surface area contributed by atoms with Gasteiger partial charge in [-0.15, -0.1) is 0 Å². The molecule has 0 saturated carbocycles. The van der Waals surface area contributed by atoms with Crippen molar-refractivity contribution in [1.29, 1.82) is 0 Å². The van der Waals surface area contributed by atoms with Crippen molar-refractivity contribution in [3.8, 4) is 11.5 Å². The van der Waals surface area contributed by atoms with E-state index in [1.54, 1.807) is 21.3 Å². The molecule has 0 spiro atoms. The molecule has 0 unspecified atom stereocenters. The summed E-state index contributed by atoms with van der Waals surface area (Å²) in [6.07, 6.45) is 0. The first-order valence-electron chi connectivity index (χ1n) is 5.33. The first kappa shape index (κ1) is 13.3. The first-order valence-corrected chi connectivity index (χ1v) is 5.33. The molecule has 94 valence electrons. The molecule has 0 atom stereocenters. The lowest BCUT2D eigenvalue weighted by atomic mass is 10.2. The molecule has 0 aliphatic heterocycles. The number of benzene rings is 1. The fraction of sp³-hybridized carbons (Fsp3) is 0.417. The molecule has 2 N–H and O–H groups in total. The second-order valence-electron chi connectivity index (χ2n) is 3.50. The van der Waals surface area contributed by atoms with Crippen LogP contribution < -0.4 is 20.1 Å². The van der Waals surface area contributed by atoms with Crippen molar-refractivity contribution in [2.45, 2.75) is 6.54 Å². The van der Waals surface area contributed by atoms with E-state index in [4.69, 9.17) is 9.47 Å². The highest BCUT2D eigenvalue weighted by Gasteiger charge is 2.05. The monoisotopic (exact) mass is 238 g/mol. The van der Waals surface area contributed by atoms with Gasteiger partial charge in [0.15, 0.2) is 11.5 Å². The summed E-state index contributed by atoms with van der Waals surface area (Å²) in [5.41, 5.74) is 0.965. The lowest BCUT2D eigenvalue weighted by Crippen LogP contribution is -2.31. The molecule has 17 heavy (non-hydrogen) atoms. The number of hydrogen-bond donors (Lipinski definition) is 2. The van der Waals surface area contributed by atoms with E-state index in [9.17, 15) is 4.79 Å². The van der Waals surface area contributed by atoms with Gasteiger partial charge in [-0.1, -0.05) is 6.07 Å². The quantitative estimate of drug-likeness (QED) is 0.759. The molecular formula is C12H18N2O3. The first-order chi connectivity index (χ1) is 8.21. The lowest BCUT2D eigenvalue weighted by molar-refractivity contribution is -0.120. The number of rotatable bonds is 6. The molecule has 0 fully saturated rings. The number of ether oxygens (including phenoxy) is 2. The van der Waals surface area contributed by atoms with Gasteiger partial charge in [-0.25, -0.2) is 0 Å². The normalized spacial score (nSPS) is 9.82. The van der Waals surface area contributed by atoms with E-state index in [1.807, 2.05) is 18.2 Å². The van der Waals surface area contributed by atoms with Gasteiger partial charge in [0.25, 0.3) is 0 Å². The number of amides is 1. The average molecular weight is 238 g/mol. The molecule has 0 heterocycles. The van der Waals surface area contributed by atoms with Crippen LogP contribution in [0.15, 0.2) is 18.2 Å². The predicted molar refractivity (Wildman–Crippen MR) is 65.3 cm³/mol. The third-order valence-corrected chi connectivity index (χ3v) is 2.27. The van der Waals surface area contributed by atoms with E-state index in [0.29, 0.717) is 24.6 Å². The summed E-state index contributed by atoms with van der Waals surface area (Å²) >= 11 is 0. The third kappa shape index (κ3) is 3.96. The van der Waals surface area contributed by atoms with Crippen molar-refractivity contribution < 1.29 is 14.3 Å². The number of carbonyl (C=O) groups excluding carboxylic acids is 1. The summed E-state index contributed by atoms with van der Waals surface area (Å²) < 4.78 is 10.3. The SMILES string of the molecule is CNCC(=O)NCc1ccc(OC)c(OC)c1. The third-order valence-electron chi connectivity index (χ3n) is 2.27. The van der Waals surface area contributed by atoms with E-state index >= 15 is 0 Å². The maximum absolute atomic E-state index is 11.3. The van der Waals surface area contributed by atoms with Gasteiger partial charge >= 0.3 is 0 Å². The Bertz CT molecular complexity index is 380. The number of methoxy groups -OCH3 is 2. The van der Waals surface area contributed by atoms with Gasteiger partial charge in [-0.05, 0) is 24.7 Å². The van der Waals surface area contributed by atoms with Crippen LogP contribution in [-0.4, -0.2) is 33.7 Å².